The molecule has 1 N–H and O–H groups in total. The molecule has 0 heterocycles. The molecular weight excluding hydrogens is 395 g/mol. The number of halogens is 2. The van der Waals surface area contributed by atoms with Crippen molar-refractivity contribution < 1.29 is 19.2 Å². The third-order valence-corrected chi connectivity index (χ3v) is 3.85. The number of ether oxygens (including phenoxy) is 1. The number of hydrogen-bond donors (Lipinski definition) is 1. The van der Waals surface area contributed by atoms with Crippen LogP contribution in [0.1, 0.15) is 15.9 Å². The van der Waals surface area contributed by atoms with Crippen molar-refractivity contribution in [3.63, 3.8) is 0 Å². The Balaban J connectivity index is 1.78. The summed E-state index contributed by atoms with van der Waals surface area (Å²) in [4.78, 5) is 33.7. The van der Waals surface area contributed by atoms with Crippen molar-refractivity contribution in [1.29, 1.82) is 0 Å². The fourth-order valence-electron chi connectivity index (χ4n) is 2.04. The molecule has 0 atom stereocenters. The molecule has 0 saturated carbocycles. The van der Waals surface area contributed by atoms with E-state index >= 15 is 0 Å². The Morgan fingerprint density at radius 2 is 1.96 bits per heavy atom. The zero-order valence-corrected chi connectivity index (χ0v) is 15.4. The van der Waals surface area contributed by atoms with E-state index in [0.29, 0.717) is 5.02 Å². The molecule has 0 bridgehead atoms. The minimum atomic E-state index is -0.607. The van der Waals surface area contributed by atoms with Crippen molar-refractivity contribution in [3.05, 3.63) is 79.8 Å². The third kappa shape index (κ3) is 6.40. The van der Waals surface area contributed by atoms with Crippen LogP contribution in [0, 0.1) is 10.1 Å². The fourth-order valence-corrected chi connectivity index (χ4v) is 2.50. The molecule has 2 rings (SSSR count). The van der Waals surface area contributed by atoms with E-state index in [1.54, 1.807) is 30.3 Å². The molecule has 0 aliphatic rings. The first-order valence-corrected chi connectivity index (χ1v) is 8.45. The van der Waals surface area contributed by atoms with Crippen LogP contribution in [0.15, 0.2) is 48.5 Å². The Bertz CT molecular complexity index is 899. The number of carbonyl (C=O) groups excluding carboxylic acids is 2. The van der Waals surface area contributed by atoms with E-state index in [4.69, 9.17) is 27.9 Å². The van der Waals surface area contributed by atoms with Gasteiger partial charge in [0.15, 0.2) is 0 Å². The second-order valence-electron chi connectivity index (χ2n) is 5.23. The van der Waals surface area contributed by atoms with Crippen molar-refractivity contribution in [2.45, 2.75) is 0 Å². The van der Waals surface area contributed by atoms with Crippen LogP contribution < -0.4 is 5.32 Å². The Morgan fingerprint density at radius 1 is 1.19 bits per heavy atom. The van der Waals surface area contributed by atoms with Gasteiger partial charge in [-0.05, 0) is 29.8 Å². The number of nitrogens with zero attached hydrogens (tertiary/aromatic N) is 1. The van der Waals surface area contributed by atoms with Gasteiger partial charge in [0.25, 0.3) is 11.6 Å². The summed E-state index contributed by atoms with van der Waals surface area (Å²) in [7, 11) is 0. The number of amides is 1. The lowest BCUT2D eigenvalue weighted by atomic mass is 10.2. The quantitative estimate of drug-likeness (QED) is 0.246. The Morgan fingerprint density at radius 3 is 2.63 bits per heavy atom. The predicted molar refractivity (Wildman–Crippen MR) is 102 cm³/mol. The topological polar surface area (TPSA) is 98.5 Å². The molecule has 0 unspecified atom stereocenters. The van der Waals surface area contributed by atoms with E-state index in [9.17, 15) is 19.7 Å². The summed E-state index contributed by atoms with van der Waals surface area (Å²) in [6.45, 7) is 0.0119. The van der Waals surface area contributed by atoms with Gasteiger partial charge in [0, 0.05) is 23.2 Å². The fraction of sp³-hybridized carbons (Fsp3) is 0.111. The summed E-state index contributed by atoms with van der Waals surface area (Å²) in [6.07, 6.45) is 2.81. The molecular formula is C18H14Cl2N2O5. The molecule has 9 heteroatoms. The third-order valence-electron chi connectivity index (χ3n) is 3.30. The zero-order chi connectivity index (χ0) is 19.8. The van der Waals surface area contributed by atoms with Crippen LogP contribution in [0.25, 0.3) is 6.08 Å². The van der Waals surface area contributed by atoms with Crippen LogP contribution in [-0.4, -0.2) is 30.0 Å². The summed E-state index contributed by atoms with van der Waals surface area (Å²) in [5.74, 6) is -1.10. The van der Waals surface area contributed by atoms with Crippen molar-refractivity contribution >= 4 is 46.8 Å². The molecule has 0 aliphatic carbocycles. The van der Waals surface area contributed by atoms with Gasteiger partial charge in [-0.2, -0.15) is 0 Å². The lowest BCUT2D eigenvalue weighted by Gasteiger charge is -2.07. The summed E-state index contributed by atoms with van der Waals surface area (Å²) in [5.41, 5.74) is 0.631. The average molecular weight is 409 g/mol. The van der Waals surface area contributed by atoms with Crippen LogP contribution in [0.5, 0.6) is 0 Å². The second-order valence-corrected chi connectivity index (χ2v) is 6.08. The van der Waals surface area contributed by atoms with Gasteiger partial charge in [-0.25, -0.2) is 4.79 Å². The summed E-state index contributed by atoms with van der Waals surface area (Å²) < 4.78 is 4.97. The predicted octanol–water partition coefficient (Wildman–Crippen LogP) is 3.89. The van der Waals surface area contributed by atoms with Crippen LogP contribution in [-0.2, 0) is 9.53 Å². The van der Waals surface area contributed by atoms with Gasteiger partial charge in [-0.1, -0.05) is 35.3 Å². The molecule has 0 aromatic heterocycles. The van der Waals surface area contributed by atoms with E-state index in [0.717, 1.165) is 11.6 Å². The number of nitrogens with one attached hydrogen (secondary N) is 1. The van der Waals surface area contributed by atoms with Gasteiger partial charge in [0.05, 0.1) is 22.1 Å². The number of rotatable bonds is 7. The number of carbonyl (C=O) groups is 2. The second kappa shape index (κ2) is 9.70. The van der Waals surface area contributed by atoms with Crippen LogP contribution in [0.4, 0.5) is 5.69 Å². The van der Waals surface area contributed by atoms with Crippen molar-refractivity contribution in [2.75, 3.05) is 13.2 Å². The lowest BCUT2D eigenvalue weighted by molar-refractivity contribution is -0.384. The van der Waals surface area contributed by atoms with Gasteiger partial charge in [0.1, 0.15) is 6.61 Å². The molecule has 27 heavy (non-hydrogen) atoms. The first-order valence-electron chi connectivity index (χ1n) is 7.69. The highest BCUT2D eigenvalue weighted by Crippen LogP contribution is 2.22. The number of nitro benzene ring substituents is 1. The van der Waals surface area contributed by atoms with Crippen LogP contribution >= 0.6 is 23.2 Å². The Labute approximate surface area is 164 Å². The Kier molecular flexibility index (Phi) is 7.34. The molecule has 0 radical (unpaired) electrons. The maximum absolute atomic E-state index is 12.0. The highest BCUT2D eigenvalue weighted by molar-refractivity contribution is 6.34. The molecule has 1 amide bonds. The smallest absolute Gasteiger partial charge is 0.330 e. The van der Waals surface area contributed by atoms with Crippen molar-refractivity contribution in [1.82, 2.24) is 5.32 Å². The number of benzene rings is 2. The van der Waals surface area contributed by atoms with Gasteiger partial charge < -0.3 is 10.1 Å². The van der Waals surface area contributed by atoms with Gasteiger partial charge >= 0.3 is 5.97 Å². The first kappa shape index (κ1) is 20.4. The van der Waals surface area contributed by atoms with Gasteiger partial charge in [-0.15, -0.1) is 0 Å². The monoisotopic (exact) mass is 408 g/mol. The Hall–Kier alpha value is -2.90. The molecule has 0 spiro atoms. The molecule has 7 nitrogen and oxygen atoms in total. The minimum absolute atomic E-state index is 0.0388. The van der Waals surface area contributed by atoms with E-state index in [-0.39, 0.29) is 29.4 Å². The number of nitro groups is 1. The maximum Gasteiger partial charge on any atom is 0.330 e. The molecule has 2 aromatic rings. The SMILES string of the molecule is O=C(C=Cc1cccc(Cl)c1)OCCNC(=O)c1ccc([N+](=O)[O-])cc1Cl. The summed E-state index contributed by atoms with van der Waals surface area (Å²) >= 11 is 11.7. The minimum Gasteiger partial charge on any atom is -0.461 e. The average Bonchev–Trinajstić information content (AvgIpc) is 2.63. The maximum atomic E-state index is 12.0. The van der Waals surface area contributed by atoms with Gasteiger partial charge in [0.2, 0.25) is 0 Å². The van der Waals surface area contributed by atoms with Gasteiger partial charge in [-0.3, -0.25) is 14.9 Å². The van der Waals surface area contributed by atoms with E-state index < -0.39 is 16.8 Å². The van der Waals surface area contributed by atoms with E-state index in [2.05, 4.69) is 5.32 Å². The number of non-ortho nitro benzene ring substituents is 1. The molecule has 2 aromatic carbocycles. The molecule has 0 saturated heterocycles. The molecule has 0 aliphatic heterocycles. The highest BCUT2D eigenvalue weighted by Gasteiger charge is 2.14. The van der Waals surface area contributed by atoms with E-state index in [1.165, 1.54) is 18.2 Å². The molecule has 140 valence electrons. The van der Waals surface area contributed by atoms with E-state index in [1.807, 2.05) is 0 Å². The number of esters is 1. The largest absolute Gasteiger partial charge is 0.461 e. The highest BCUT2D eigenvalue weighted by atomic mass is 35.5. The molecule has 0 fully saturated rings. The summed E-state index contributed by atoms with van der Waals surface area (Å²) in [6, 6.07) is 10.5. The van der Waals surface area contributed by atoms with Crippen molar-refractivity contribution in [3.8, 4) is 0 Å². The lowest BCUT2D eigenvalue weighted by Crippen LogP contribution is -2.28. The van der Waals surface area contributed by atoms with Crippen LogP contribution in [0.2, 0.25) is 10.0 Å². The van der Waals surface area contributed by atoms with Crippen LogP contribution in [0.3, 0.4) is 0 Å². The summed E-state index contributed by atoms with van der Waals surface area (Å²) in [5, 5.41) is 13.7. The van der Waals surface area contributed by atoms with Crippen molar-refractivity contribution in [2.24, 2.45) is 0 Å². The normalized spacial score (nSPS) is 10.6. The first-order chi connectivity index (χ1) is 12.9. The number of hydrogen-bond acceptors (Lipinski definition) is 5. The standard InChI is InChI=1S/C18H14Cl2N2O5/c19-13-3-1-2-12(10-13)4-7-17(23)27-9-8-21-18(24)15-6-5-14(22(25)26)11-16(15)20/h1-7,10-11H,8-9H2,(H,21,24). The zero-order valence-electron chi connectivity index (χ0n) is 13.9.